The molecular formula is C48H57N7O4. The maximum atomic E-state index is 14.8. The summed E-state index contributed by atoms with van der Waals surface area (Å²) in [7, 11) is 0. The minimum atomic E-state index is -0.605. The standard InChI is InChI=1S/C48H57N7O4/c56-43-12-5-4-11-41(43)42-29-39(31-50-53-42)55-25-21-48(22-26-55,36-9-2-1-3-10-36)47(59)52-45-34-7-6-8-35(45)28-37(27-34)49-30-32-19-23-54(24-20-32)38-15-13-33(14-16-38)40-17-18-44(57)51-46(40)58/h1-5,9-16,29,31-32,34-35,37,40,45,49,56H,6-8,17-28,30H2,(H,52,59)(H,51,57,58)/t34?,35?,37?,40-,45?/m1/s1. The third kappa shape index (κ3) is 8.31. The van der Waals surface area contributed by atoms with Gasteiger partial charge in [-0.3, -0.25) is 19.7 Å². The summed E-state index contributed by atoms with van der Waals surface area (Å²) in [6.45, 7) is 4.51. The number of nitrogens with zero attached hydrogens (tertiary/aromatic N) is 4. The van der Waals surface area contributed by atoms with Gasteiger partial charge in [0.05, 0.1) is 28.9 Å². The van der Waals surface area contributed by atoms with Gasteiger partial charge in [0.1, 0.15) is 5.75 Å². The number of phenols is 1. The van der Waals surface area contributed by atoms with Crippen molar-refractivity contribution < 1.29 is 19.5 Å². The molecule has 0 spiro atoms. The van der Waals surface area contributed by atoms with Crippen LogP contribution in [0.4, 0.5) is 11.4 Å². The number of hydrogen-bond donors (Lipinski definition) is 4. The number of anilines is 2. The van der Waals surface area contributed by atoms with Crippen LogP contribution in [-0.2, 0) is 19.8 Å². The molecule has 2 aliphatic carbocycles. The van der Waals surface area contributed by atoms with Gasteiger partial charge in [-0.2, -0.15) is 10.2 Å². The van der Waals surface area contributed by atoms with E-state index >= 15 is 0 Å². The second kappa shape index (κ2) is 17.1. The zero-order valence-electron chi connectivity index (χ0n) is 33.9. The van der Waals surface area contributed by atoms with E-state index in [9.17, 15) is 19.5 Å². The summed E-state index contributed by atoms with van der Waals surface area (Å²) in [5, 5.41) is 29.3. The highest BCUT2D eigenvalue weighted by Gasteiger charge is 2.47. The van der Waals surface area contributed by atoms with Crippen LogP contribution in [0.2, 0.25) is 0 Å². The Morgan fingerprint density at radius 2 is 1.51 bits per heavy atom. The van der Waals surface area contributed by atoms with E-state index in [1.165, 1.54) is 24.9 Å². The second-order valence-electron chi connectivity index (χ2n) is 17.8. The number of hydrogen-bond acceptors (Lipinski definition) is 9. The maximum absolute atomic E-state index is 14.8. The molecule has 2 unspecified atom stereocenters. The lowest BCUT2D eigenvalue weighted by molar-refractivity contribution is -0.134. The molecule has 3 aliphatic heterocycles. The van der Waals surface area contributed by atoms with Crippen LogP contribution in [-0.4, -0.2) is 77.8 Å². The van der Waals surface area contributed by atoms with E-state index in [1.807, 2.05) is 24.3 Å². The van der Waals surface area contributed by atoms with Crippen LogP contribution >= 0.6 is 0 Å². The molecule has 11 nitrogen and oxygen atoms in total. The van der Waals surface area contributed by atoms with Crippen molar-refractivity contribution in [3.8, 4) is 17.0 Å². The first-order chi connectivity index (χ1) is 28.8. The SMILES string of the molecule is O=C1CC[C@H](c2ccc(N3CCC(CNC4CC5CCCC(C4)C5NC(=O)C4(c5ccccc5)CCN(c5cnnc(-c6ccccc6O)c5)CC4)CC3)cc2)C(=O)N1. The Hall–Kier alpha value is -5.29. The number of fused-ring (bicyclic) bond motifs is 2. The summed E-state index contributed by atoms with van der Waals surface area (Å²) in [4.78, 5) is 43.5. The van der Waals surface area contributed by atoms with E-state index in [0.717, 1.165) is 62.1 Å². The molecule has 59 heavy (non-hydrogen) atoms. The Morgan fingerprint density at radius 1 is 0.814 bits per heavy atom. The first-order valence-corrected chi connectivity index (χ1v) is 22.0. The van der Waals surface area contributed by atoms with Crippen LogP contribution in [0, 0.1) is 17.8 Å². The number of carbonyl (C=O) groups excluding carboxylic acids is 3. The highest BCUT2D eigenvalue weighted by Crippen LogP contribution is 2.43. The van der Waals surface area contributed by atoms with Crippen molar-refractivity contribution in [3.05, 3.63) is 102 Å². The molecule has 4 aromatic rings. The van der Waals surface area contributed by atoms with Crippen LogP contribution in [0.25, 0.3) is 11.3 Å². The van der Waals surface area contributed by atoms with E-state index in [0.29, 0.717) is 73.8 Å². The second-order valence-corrected chi connectivity index (χ2v) is 17.8. The summed E-state index contributed by atoms with van der Waals surface area (Å²) in [6, 6.07) is 28.7. The molecule has 308 valence electrons. The van der Waals surface area contributed by atoms with E-state index < -0.39 is 5.41 Å². The van der Waals surface area contributed by atoms with Crippen molar-refractivity contribution in [1.82, 2.24) is 26.1 Å². The number of phenolic OH excluding ortho intramolecular Hbond substituents is 1. The van der Waals surface area contributed by atoms with Gasteiger partial charge >= 0.3 is 0 Å². The highest BCUT2D eigenvalue weighted by atomic mass is 16.3. The molecule has 3 aromatic carbocycles. The summed E-state index contributed by atoms with van der Waals surface area (Å²) in [5.74, 6) is 1.36. The number of carbonyl (C=O) groups is 3. The van der Waals surface area contributed by atoms with Gasteiger partial charge in [-0.1, -0.05) is 61.0 Å². The fraction of sp³-hybridized carbons (Fsp3) is 0.479. The van der Waals surface area contributed by atoms with Crippen LogP contribution in [0.5, 0.6) is 5.75 Å². The van der Waals surface area contributed by atoms with E-state index in [4.69, 9.17) is 0 Å². The van der Waals surface area contributed by atoms with E-state index in [1.54, 1.807) is 18.3 Å². The number of para-hydroxylation sites is 1. The fourth-order valence-electron chi connectivity index (χ4n) is 11.0. The fourth-order valence-corrected chi connectivity index (χ4v) is 11.0. The summed E-state index contributed by atoms with van der Waals surface area (Å²) in [5.41, 5.74) is 4.91. The molecule has 2 bridgehead atoms. The number of amides is 3. The molecule has 3 amide bonds. The van der Waals surface area contributed by atoms with Crippen molar-refractivity contribution in [2.45, 2.75) is 94.0 Å². The lowest BCUT2D eigenvalue weighted by atomic mass is 9.65. The molecule has 11 heteroatoms. The molecule has 0 radical (unpaired) electrons. The molecular weight excluding hydrogens is 739 g/mol. The average molecular weight is 796 g/mol. The van der Waals surface area contributed by atoms with Crippen LogP contribution in [0.1, 0.15) is 87.7 Å². The van der Waals surface area contributed by atoms with Gasteiger partial charge in [0, 0.05) is 55.9 Å². The Bertz CT molecular complexity index is 2100. The Kier molecular flexibility index (Phi) is 11.4. The van der Waals surface area contributed by atoms with Crippen LogP contribution in [0.15, 0.2) is 91.1 Å². The number of nitrogens with one attached hydrogen (secondary N) is 3. The Labute approximate surface area is 347 Å². The molecule has 4 heterocycles. The topological polar surface area (TPSA) is 140 Å². The predicted molar refractivity (Wildman–Crippen MR) is 229 cm³/mol. The van der Waals surface area contributed by atoms with Crippen molar-refractivity contribution in [2.24, 2.45) is 17.8 Å². The monoisotopic (exact) mass is 795 g/mol. The van der Waals surface area contributed by atoms with E-state index in [-0.39, 0.29) is 35.4 Å². The highest BCUT2D eigenvalue weighted by molar-refractivity contribution is 6.01. The van der Waals surface area contributed by atoms with Gasteiger partial charge in [0.15, 0.2) is 0 Å². The minimum absolute atomic E-state index is 0.177. The molecule has 3 atom stereocenters. The normalized spacial score (nSPS) is 25.9. The van der Waals surface area contributed by atoms with Gasteiger partial charge in [-0.25, -0.2) is 0 Å². The van der Waals surface area contributed by atoms with Gasteiger partial charge in [0.25, 0.3) is 0 Å². The Morgan fingerprint density at radius 3 is 2.22 bits per heavy atom. The third-order valence-electron chi connectivity index (χ3n) is 14.4. The number of aromatic hydroxyl groups is 1. The summed E-state index contributed by atoms with van der Waals surface area (Å²) in [6.07, 6.45) is 12.3. The molecule has 3 saturated heterocycles. The van der Waals surface area contributed by atoms with Crippen LogP contribution < -0.4 is 25.8 Å². The number of piperidine rings is 3. The molecule has 5 fully saturated rings. The Balaban J connectivity index is 0.789. The smallest absolute Gasteiger partial charge is 0.234 e. The summed E-state index contributed by atoms with van der Waals surface area (Å²) < 4.78 is 0. The van der Waals surface area contributed by atoms with Crippen molar-refractivity contribution in [2.75, 3.05) is 42.5 Å². The summed E-state index contributed by atoms with van der Waals surface area (Å²) >= 11 is 0. The van der Waals surface area contributed by atoms with Gasteiger partial charge < -0.3 is 25.5 Å². The van der Waals surface area contributed by atoms with Crippen LogP contribution in [0.3, 0.4) is 0 Å². The first kappa shape index (κ1) is 39.2. The maximum Gasteiger partial charge on any atom is 0.234 e. The molecule has 9 rings (SSSR count). The molecule has 2 saturated carbocycles. The molecule has 1 aromatic heterocycles. The zero-order valence-corrected chi connectivity index (χ0v) is 33.9. The molecule has 5 aliphatic rings. The quantitative estimate of drug-likeness (QED) is 0.133. The largest absolute Gasteiger partial charge is 0.507 e. The molecule has 4 N–H and O–H groups in total. The minimum Gasteiger partial charge on any atom is -0.507 e. The van der Waals surface area contributed by atoms with Gasteiger partial charge in [-0.15, -0.1) is 0 Å². The third-order valence-corrected chi connectivity index (χ3v) is 14.4. The predicted octanol–water partition coefficient (Wildman–Crippen LogP) is 6.48. The van der Waals surface area contributed by atoms with Gasteiger partial charge in [0.2, 0.25) is 17.7 Å². The van der Waals surface area contributed by atoms with Crippen molar-refractivity contribution in [1.29, 1.82) is 0 Å². The lowest BCUT2D eigenvalue weighted by Gasteiger charge is -2.49. The number of benzene rings is 3. The average Bonchev–Trinajstić information content (AvgIpc) is 3.26. The number of rotatable bonds is 10. The number of imide groups is 1. The zero-order chi connectivity index (χ0) is 40.3. The van der Waals surface area contributed by atoms with E-state index in [2.05, 4.69) is 84.5 Å². The lowest BCUT2D eigenvalue weighted by Crippen LogP contribution is -2.59. The number of aromatic nitrogens is 2. The first-order valence-electron chi connectivity index (χ1n) is 22.0. The van der Waals surface area contributed by atoms with Gasteiger partial charge in [-0.05, 0) is 124 Å². The van der Waals surface area contributed by atoms with Crippen molar-refractivity contribution in [3.63, 3.8) is 0 Å². The van der Waals surface area contributed by atoms with Crippen molar-refractivity contribution >= 4 is 29.1 Å².